The summed E-state index contributed by atoms with van der Waals surface area (Å²) in [5.74, 6) is 0.733. The van der Waals surface area contributed by atoms with E-state index in [2.05, 4.69) is 35.0 Å². The maximum atomic E-state index is 8.87. The third-order valence-electron chi connectivity index (χ3n) is 3.46. The van der Waals surface area contributed by atoms with Crippen LogP contribution >= 0.6 is 0 Å². The summed E-state index contributed by atoms with van der Waals surface area (Å²) >= 11 is 0. The van der Waals surface area contributed by atoms with Crippen molar-refractivity contribution in [2.75, 3.05) is 10.6 Å². The van der Waals surface area contributed by atoms with Crippen LogP contribution in [-0.2, 0) is 6.42 Å². The van der Waals surface area contributed by atoms with Crippen LogP contribution in [0.2, 0.25) is 0 Å². The zero-order valence-electron chi connectivity index (χ0n) is 10.7. The Kier molecular flexibility index (Phi) is 2.60. The highest BCUT2D eigenvalue weighted by Crippen LogP contribution is 2.39. The monoisotopic (exact) mass is 250 g/mol. The number of para-hydroxylation sites is 1. The Morgan fingerprint density at radius 2 is 2.21 bits per heavy atom. The van der Waals surface area contributed by atoms with Crippen molar-refractivity contribution in [3.63, 3.8) is 0 Å². The highest BCUT2D eigenvalue weighted by Gasteiger charge is 2.28. The minimum absolute atomic E-state index is 0.320. The second-order valence-corrected chi connectivity index (χ2v) is 4.80. The zero-order chi connectivity index (χ0) is 13.4. The number of nitrogens with two attached hydrogens (primary N) is 1. The van der Waals surface area contributed by atoms with Gasteiger partial charge in [-0.3, -0.25) is 0 Å². The van der Waals surface area contributed by atoms with Gasteiger partial charge in [0.25, 0.3) is 0 Å². The Hall–Kier alpha value is -2.54. The largest absolute Gasteiger partial charge is 0.396 e. The Bertz CT molecular complexity index is 672. The molecule has 1 aromatic heterocycles. The quantitative estimate of drug-likeness (QED) is 0.844. The molecule has 1 unspecified atom stereocenters. The van der Waals surface area contributed by atoms with Gasteiger partial charge < -0.3 is 10.6 Å². The fourth-order valence-electron chi connectivity index (χ4n) is 2.63. The molecule has 1 aliphatic heterocycles. The molecule has 2 aromatic rings. The van der Waals surface area contributed by atoms with E-state index in [1.165, 1.54) is 5.56 Å². The van der Waals surface area contributed by atoms with Crippen LogP contribution in [0.3, 0.4) is 0 Å². The number of hydrogen-bond acceptors (Lipinski definition) is 4. The molecule has 0 fully saturated rings. The molecule has 19 heavy (non-hydrogen) atoms. The van der Waals surface area contributed by atoms with Crippen LogP contribution in [0, 0.1) is 11.3 Å². The summed E-state index contributed by atoms with van der Waals surface area (Å²) in [7, 11) is 0. The van der Waals surface area contributed by atoms with Crippen molar-refractivity contribution in [1.29, 1.82) is 5.26 Å². The van der Waals surface area contributed by atoms with Gasteiger partial charge in [-0.2, -0.15) is 5.26 Å². The fourth-order valence-corrected chi connectivity index (χ4v) is 2.63. The summed E-state index contributed by atoms with van der Waals surface area (Å²) in [5.41, 5.74) is 9.53. The standard InChI is InChI=1S/C15H14N4/c1-10-6-12-4-2-3-5-14(12)19(10)15-13(17)7-11(8-16)9-18-15/h2-5,7,9-10H,6,17H2,1H3. The van der Waals surface area contributed by atoms with Gasteiger partial charge in [0.15, 0.2) is 5.82 Å². The predicted molar refractivity (Wildman–Crippen MR) is 75.1 cm³/mol. The molecular formula is C15H14N4. The molecule has 0 radical (unpaired) electrons. The van der Waals surface area contributed by atoms with Crippen molar-refractivity contribution in [1.82, 2.24) is 4.98 Å². The highest BCUT2D eigenvalue weighted by atomic mass is 15.2. The molecule has 1 atom stereocenters. The van der Waals surface area contributed by atoms with Crippen molar-refractivity contribution in [2.45, 2.75) is 19.4 Å². The van der Waals surface area contributed by atoms with Crippen LogP contribution in [0.4, 0.5) is 17.2 Å². The lowest BCUT2D eigenvalue weighted by Gasteiger charge is -2.25. The number of benzene rings is 1. The van der Waals surface area contributed by atoms with Crippen molar-refractivity contribution >= 4 is 17.2 Å². The van der Waals surface area contributed by atoms with E-state index >= 15 is 0 Å². The summed E-state index contributed by atoms with van der Waals surface area (Å²) in [5, 5.41) is 8.87. The second-order valence-electron chi connectivity index (χ2n) is 4.80. The van der Waals surface area contributed by atoms with Crippen LogP contribution in [0.15, 0.2) is 36.5 Å². The average Bonchev–Trinajstić information content (AvgIpc) is 2.75. The van der Waals surface area contributed by atoms with E-state index in [0.29, 0.717) is 17.3 Å². The maximum Gasteiger partial charge on any atom is 0.156 e. The molecule has 4 heteroatoms. The molecule has 0 spiro atoms. The van der Waals surface area contributed by atoms with Gasteiger partial charge in [-0.15, -0.1) is 0 Å². The zero-order valence-corrected chi connectivity index (χ0v) is 10.7. The van der Waals surface area contributed by atoms with Crippen LogP contribution in [0.1, 0.15) is 18.1 Å². The molecule has 0 bridgehead atoms. The summed E-state index contributed by atoms with van der Waals surface area (Å²) in [6.07, 6.45) is 2.55. The number of anilines is 3. The van der Waals surface area contributed by atoms with Gasteiger partial charge in [0.05, 0.1) is 11.3 Å². The first kappa shape index (κ1) is 11.5. The van der Waals surface area contributed by atoms with E-state index in [1.807, 2.05) is 12.1 Å². The molecule has 0 saturated carbocycles. The lowest BCUT2D eigenvalue weighted by Crippen LogP contribution is -2.25. The van der Waals surface area contributed by atoms with Crippen LogP contribution in [0.25, 0.3) is 0 Å². The number of hydrogen-bond donors (Lipinski definition) is 1. The number of rotatable bonds is 1. The van der Waals surface area contributed by atoms with Gasteiger partial charge in [0.1, 0.15) is 6.07 Å². The Morgan fingerprint density at radius 1 is 1.42 bits per heavy atom. The first-order chi connectivity index (χ1) is 9.20. The van der Waals surface area contributed by atoms with Crippen LogP contribution in [-0.4, -0.2) is 11.0 Å². The van der Waals surface area contributed by atoms with Gasteiger partial charge in [-0.25, -0.2) is 4.98 Å². The molecule has 94 valence electrons. The summed E-state index contributed by atoms with van der Waals surface area (Å²) < 4.78 is 0. The molecule has 1 aromatic carbocycles. The Balaban J connectivity index is 2.10. The van der Waals surface area contributed by atoms with Crippen molar-refractivity contribution in [2.24, 2.45) is 0 Å². The first-order valence-corrected chi connectivity index (χ1v) is 6.23. The molecule has 0 aliphatic carbocycles. The van der Waals surface area contributed by atoms with Crippen LogP contribution < -0.4 is 10.6 Å². The topological polar surface area (TPSA) is 65.9 Å². The average molecular weight is 250 g/mol. The molecule has 1 aliphatic rings. The van der Waals surface area contributed by atoms with E-state index in [4.69, 9.17) is 11.0 Å². The Labute approximate surface area is 112 Å². The minimum Gasteiger partial charge on any atom is -0.396 e. The second kappa shape index (κ2) is 4.29. The summed E-state index contributed by atoms with van der Waals surface area (Å²) in [4.78, 5) is 6.50. The number of fused-ring (bicyclic) bond motifs is 1. The molecule has 2 N–H and O–H groups in total. The lowest BCUT2D eigenvalue weighted by molar-refractivity contribution is 0.751. The van der Waals surface area contributed by atoms with Gasteiger partial charge in [-0.05, 0) is 31.0 Å². The first-order valence-electron chi connectivity index (χ1n) is 6.23. The summed E-state index contributed by atoms with van der Waals surface area (Å²) in [6, 6.07) is 12.3. The molecule has 0 saturated heterocycles. The van der Waals surface area contributed by atoms with Gasteiger partial charge in [-0.1, -0.05) is 18.2 Å². The van der Waals surface area contributed by atoms with E-state index < -0.39 is 0 Å². The predicted octanol–water partition coefficient (Wildman–Crippen LogP) is 2.62. The van der Waals surface area contributed by atoms with E-state index in [1.54, 1.807) is 12.3 Å². The molecule has 2 heterocycles. The third kappa shape index (κ3) is 1.80. The normalized spacial score (nSPS) is 17.1. The number of nitrogen functional groups attached to an aromatic ring is 1. The van der Waals surface area contributed by atoms with Gasteiger partial charge in [0, 0.05) is 17.9 Å². The van der Waals surface area contributed by atoms with Crippen molar-refractivity contribution < 1.29 is 0 Å². The van der Waals surface area contributed by atoms with E-state index in [0.717, 1.165) is 17.9 Å². The number of pyridine rings is 1. The molecule has 3 rings (SSSR count). The molecule has 4 nitrogen and oxygen atoms in total. The lowest BCUT2D eigenvalue weighted by atomic mass is 10.1. The van der Waals surface area contributed by atoms with Crippen molar-refractivity contribution in [3.05, 3.63) is 47.7 Å². The number of nitrogens with zero attached hydrogens (tertiary/aromatic N) is 3. The number of nitriles is 1. The molecule has 0 amide bonds. The molecular weight excluding hydrogens is 236 g/mol. The maximum absolute atomic E-state index is 8.87. The van der Waals surface area contributed by atoms with Gasteiger partial charge in [0.2, 0.25) is 0 Å². The minimum atomic E-state index is 0.320. The van der Waals surface area contributed by atoms with Crippen LogP contribution in [0.5, 0.6) is 0 Å². The highest BCUT2D eigenvalue weighted by molar-refractivity contribution is 5.76. The smallest absolute Gasteiger partial charge is 0.156 e. The summed E-state index contributed by atoms with van der Waals surface area (Å²) in [6.45, 7) is 2.15. The SMILES string of the molecule is CC1Cc2ccccc2N1c1ncc(C#N)cc1N. The van der Waals surface area contributed by atoms with E-state index in [-0.39, 0.29) is 0 Å². The van der Waals surface area contributed by atoms with E-state index in [9.17, 15) is 0 Å². The fraction of sp³-hybridized carbons (Fsp3) is 0.200. The van der Waals surface area contributed by atoms with Gasteiger partial charge >= 0.3 is 0 Å². The third-order valence-corrected chi connectivity index (χ3v) is 3.46. The Morgan fingerprint density at radius 3 is 2.95 bits per heavy atom. The number of aromatic nitrogens is 1. The van der Waals surface area contributed by atoms with Crippen molar-refractivity contribution in [3.8, 4) is 6.07 Å².